The van der Waals surface area contributed by atoms with Gasteiger partial charge in [0.25, 0.3) is 0 Å². The Hall–Kier alpha value is -1.35. The quantitative estimate of drug-likeness (QED) is 0.858. The Bertz CT molecular complexity index is 462. The van der Waals surface area contributed by atoms with Crippen molar-refractivity contribution in [2.75, 3.05) is 5.32 Å². The van der Waals surface area contributed by atoms with E-state index in [1.807, 2.05) is 18.2 Å². The summed E-state index contributed by atoms with van der Waals surface area (Å²) < 4.78 is 0. The van der Waals surface area contributed by atoms with E-state index in [2.05, 4.69) is 32.2 Å². The topological polar surface area (TPSA) is 55.1 Å². The number of carbonyl (C=O) groups excluding carboxylic acids is 1. The van der Waals surface area contributed by atoms with Gasteiger partial charge in [0.2, 0.25) is 5.91 Å². The lowest BCUT2D eigenvalue weighted by atomic mass is 9.85. The Balaban J connectivity index is 2.17. The van der Waals surface area contributed by atoms with Crippen molar-refractivity contribution in [1.29, 1.82) is 0 Å². The molecule has 1 aliphatic rings. The van der Waals surface area contributed by atoms with Crippen molar-refractivity contribution < 1.29 is 4.79 Å². The largest absolute Gasteiger partial charge is 0.327 e. The van der Waals surface area contributed by atoms with E-state index in [0.717, 1.165) is 30.5 Å². The third-order valence-corrected chi connectivity index (χ3v) is 3.90. The maximum absolute atomic E-state index is 12.3. The number of amides is 1. The molecule has 1 aromatic carbocycles. The summed E-state index contributed by atoms with van der Waals surface area (Å²) in [6.07, 6.45) is 2.92. The molecule has 3 N–H and O–H groups in total. The summed E-state index contributed by atoms with van der Waals surface area (Å²) in [5.74, 6) is 0.0368. The number of nitrogens with one attached hydrogen (secondary N) is 1. The lowest BCUT2D eigenvalue weighted by molar-refractivity contribution is -0.120. The van der Waals surface area contributed by atoms with Crippen LogP contribution in [0.15, 0.2) is 24.3 Å². The van der Waals surface area contributed by atoms with E-state index < -0.39 is 0 Å². The third-order valence-electron chi connectivity index (χ3n) is 3.90. The summed E-state index contributed by atoms with van der Waals surface area (Å²) in [6.45, 7) is 6.46. The standard InChI is InChI=1S/C16H24N2O/c1-16(2,3)12-8-4-5-10-14(12)18-15(19)11-7-6-9-13(11)17/h4-5,8,10-11,13H,6-7,9,17H2,1-3H3,(H,18,19). The number of carbonyl (C=O) groups is 1. The van der Waals surface area contributed by atoms with E-state index in [0.29, 0.717) is 0 Å². The van der Waals surface area contributed by atoms with E-state index in [9.17, 15) is 4.79 Å². The molecule has 104 valence electrons. The second-order valence-electron chi connectivity index (χ2n) is 6.49. The molecular weight excluding hydrogens is 236 g/mol. The summed E-state index contributed by atoms with van der Waals surface area (Å²) >= 11 is 0. The molecule has 0 bridgehead atoms. The highest BCUT2D eigenvalue weighted by molar-refractivity contribution is 5.94. The summed E-state index contributed by atoms with van der Waals surface area (Å²) in [4.78, 5) is 12.3. The Morgan fingerprint density at radius 2 is 1.95 bits per heavy atom. The summed E-state index contributed by atoms with van der Waals surface area (Å²) in [5, 5.41) is 3.07. The van der Waals surface area contributed by atoms with Crippen LogP contribution in [-0.2, 0) is 10.2 Å². The molecule has 1 saturated carbocycles. The van der Waals surface area contributed by atoms with Gasteiger partial charge in [-0.3, -0.25) is 4.79 Å². The van der Waals surface area contributed by atoms with Crippen LogP contribution in [0.2, 0.25) is 0 Å². The zero-order chi connectivity index (χ0) is 14.0. The monoisotopic (exact) mass is 260 g/mol. The minimum atomic E-state index is -0.0342. The average molecular weight is 260 g/mol. The fourth-order valence-corrected chi connectivity index (χ4v) is 2.79. The van der Waals surface area contributed by atoms with Gasteiger partial charge in [0.05, 0.1) is 5.92 Å². The number of para-hydroxylation sites is 1. The molecule has 3 heteroatoms. The van der Waals surface area contributed by atoms with Gasteiger partial charge in [-0.05, 0) is 29.9 Å². The van der Waals surface area contributed by atoms with Crippen molar-refractivity contribution in [2.24, 2.45) is 11.7 Å². The van der Waals surface area contributed by atoms with Crippen LogP contribution >= 0.6 is 0 Å². The van der Waals surface area contributed by atoms with Gasteiger partial charge in [0.15, 0.2) is 0 Å². The highest BCUT2D eigenvalue weighted by Gasteiger charge is 2.31. The summed E-state index contributed by atoms with van der Waals surface area (Å²) in [7, 11) is 0. The second-order valence-corrected chi connectivity index (χ2v) is 6.49. The van der Waals surface area contributed by atoms with Crippen molar-refractivity contribution >= 4 is 11.6 Å². The van der Waals surface area contributed by atoms with Crippen LogP contribution in [0.3, 0.4) is 0 Å². The molecule has 0 radical (unpaired) electrons. The van der Waals surface area contributed by atoms with Crippen LogP contribution in [-0.4, -0.2) is 11.9 Å². The van der Waals surface area contributed by atoms with E-state index in [1.54, 1.807) is 0 Å². The molecule has 2 atom stereocenters. The Morgan fingerprint density at radius 3 is 2.53 bits per heavy atom. The van der Waals surface area contributed by atoms with Gasteiger partial charge >= 0.3 is 0 Å². The molecule has 1 aromatic rings. The molecular formula is C16H24N2O. The highest BCUT2D eigenvalue weighted by atomic mass is 16.1. The Kier molecular flexibility index (Phi) is 3.95. The molecule has 0 spiro atoms. The fourth-order valence-electron chi connectivity index (χ4n) is 2.79. The van der Waals surface area contributed by atoms with Crippen molar-refractivity contribution in [3.8, 4) is 0 Å². The van der Waals surface area contributed by atoms with Crippen LogP contribution in [0, 0.1) is 5.92 Å². The number of hydrogen-bond acceptors (Lipinski definition) is 2. The molecule has 0 heterocycles. The molecule has 1 fully saturated rings. The van der Waals surface area contributed by atoms with Gasteiger partial charge < -0.3 is 11.1 Å². The number of rotatable bonds is 2. The normalized spacial score (nSPS) is 23.4. The fraction of sp³-hybridized carbons (Fsp3) is 0.562. The molecule has 2 unspecified atom stereocenters. The van der Waals surface area contributed by atoms with E-state index in [-0.39, 0.29) is 23.3 Å². The van der Waals surface area contributed by atoms with Crippen LogP contribution in [0.1, 0.15) is 45.6 Å². The zero-order valence-electron chi connectivity index (χ0n) is 12.1. The number of benzene rings is 1. The van der Waals surface area contributed by atoms with Crippen molar-refractivity contribution in [3.63, 3.8) is 0 Å². The van der Waals surface area contributed by atoms with Crippen LogP contribution in [0.4, 0.5) is 5.69 Å². The van der Waals surface area contributed by atoms with Gasteiger partial charge in [0, 0.05) is 11.7 Å². The molecule has 2 rings (SSSR count). The molecule has 1 amide bonds. The molecule has 3 nitrogen and oxygen atoms in total. The van der Waals surface area contributed by atoms with Gasteiger partial charge in [0.1, 0.15) is 0 Å². The number of nitrogens with two attached hydrogens (primary N) is 1. The first kappa shape index (κ1) is 14.1. The minimum absolute atomic E-state index is 0.0155. The summed E-state index contributed by atoms with van der Waals surface area (Å²) in [6, 6.07) is 8.03. The molecule has 0 aromatic heterocycles. The Labute approximate surface area is 115 Å². The second kappa shape index (κ2) is 5.33. The minimum Gasteiger partial charge on any atom is -0.327 e. The van der Waals surface area contributed by atoms with Crippen LogP contribution in [0.5, 0.6) is 0 Å². The molecule has 0 saturated heterocycles. The van der Waals surface area contributed by atoms with E-state index >= 15 is 0 Å². The van der Waals surface area contributed by atoms with E-state index in [1.165, 1.54) is 0 Å². The first-order valence-corrected chi connectivity index (χ1v) is 7.05. The van der Waals surface area contributed by atoms with Crippen molar-refractivity contribution in [1.82, 2.24) is 0 Å². The van der Waals surface area contributed by atoms with Gasteiger partial charge in [-0.1, -0.05) is 45.4 Å². The maximum Gasteiger partial charge on any atom is 0.229 e. The summed E-state index contributed by atoms with van der Waals surface area (Å²) in [5.41, 5.74) is 8.09. The predicted molar refractivity (Wildman–Crippen MR) is 79.1 cm³/mol. The number of anilines is 1. The maximum atomic E-state index is 12.3. The number of hydrogen-bond donors (Lipinski definition) is 2. The van der Waals surface area contributed by atoms with Crippen molar-refractivity contribution in [3.05, 3.63) is 29.8 Å². The van der Waals surface area contributed by atoms with Crippen LogP contribution in [0.25, 0.3) is 0 Å². The SMILES string of the molecule is CC(C)(C)c1ccccc1NC(=O)C1CCCC1N. The predicted octanol–water partition coefficient (Wildman–Crippen LogP) is 3.05. The lowest BCUT2D eigenvalue weighted by Gasteiger charge is -2.24. The van der Waals surface area contributed by atoms with Crippen molar-refractivity contribution in [2.45, 2.75) is 51.5 Å². The van der Waals surface area contributed by atoms with Gasteiger partial charge in [-0.15, -0.1) is 0 Å². The first-order chi connectivity index (χ1) is 8.89. The lowest BCUT2D eigenvalue weighted by Crippen LogP contribution is -2.34. The highest BCUT2D eigenvalue weighted by Crippen LogP contribution is 2.31. The van der Waals surface area contributed by atoms with Crippen LogP contribution < -0.4 is 11.1 Å². The van der Waals surface area contributed by atoms with Gasteiger partial charge in [-0.25, -0.2) is 0 Å². The molecule has 0 aliphatic heterocycles. The van der Waals surface area contributed by atoms with E-state index in [4.69, 9.17) is 5.73 Å². The Morgan fingerprint density at radius 1 is 1.26 bits per heavy atom. The smallest absolute Gasteiger partial charge is 0.229 e. The third kappa shape index (κ3) is 3.16. The first-order valence-electron chi connectivity index (χ1n) is 7.05. The molecule has 19 heavy (non-hydrogen) atoms. The molecule has 1 aliphatic carbocycles. The zero-order valence-corrected chi connectivity index (χ0v) is 12.1. The average Bonchev–Trinajstić information content (AvgIpc) is 2.75. The van der Waals surface area contributed by atoms with Gasteiger partial charge in [-0.2, -0.15) is 0 Å².